The normalized spacial score (nSPS) is 11.5. The molecule has 6 rings (SSSR count). The molecule has 0 aliphatic rings. The summed E-state index contributed by atoms with van der Waals surface area (Å²) in [5, 5.41) is -1.01. The van der Waals surface area contributed by atoms with Gasteiger partial charge in [0, 0.05) is 0 Å². The molecule has 6 aromatic carbocycles. The Balaban J connectivity index is 0.00000337. The summed E-state index contributed by atoms with van der Waals surface area (Å²) in [6, 6.07) is 61.1. The van der Waals surface area contributed by atoms with Gasteiger partial charge in [-0.2, -0.15) is 0 Å². The van der Waals surface area contributed by atoms with Crippen molar-refractivity contribution in [2.75, 3.05) is 0 Å². The van der Waals surface area contributed by atoms with Crippen LogP contribution >= 0.6 is 18.5 Å². The van der Waals surface area contributed by atoms with E-state index in [1.54, 1.807) is 0 Å². The van der Waals surface area contributed by atoms with E-state index in [0.29, 0.717) is 0 Å². The van der Waals surface area contributed by atoms with Gasteiger partial charge in [-0.15, -0.1) is 18.5 Å². The molecule has 41 heavy (non-hydrogen) atoms. The van der Waals surface area contributed by atoms with Gasteiger partial charge in [0.25, 0.3) is 0 Å². The van der Waals surface area contributed by atoms with E-state index in [-0.39, 0.29) is 29.6 Å². The van der Waals surface area contributed by atoms with Gasteiger partial charge >= 0.3 is 29.6 Å². The van der Waals surface area contributed by atoms with Crippen LogP contribution in [0, 0.1) is 0 Å². The van der Waals surface area contributed by atoms with Crippen molar-refractivity contribution in [2.24, 2.45) is 0 Å². The van der Waals surface area contributed by atoms with E-state index >= 15 is 0 Å². The first-order valence-electron chi connectivity index (χ1n) is 13.6. The van der Waals surface area contributed by atoms with Crippen molar-refractivity contribution >= 4 is 48.0 Å². The second-order valence-corrected chi connectivity index (χ2v) is 11.9. The molecule has 0 radical (unpaired) electrons. The summed E-state index contributed by atoms with van der Waals surface area (Å²) in [5.74, 6) is 0. The summed E-state index contributed by atoms with van der Waals surface area (Å²) in [6.07, 6.45) is 0. The molecule has 2 atom stereocenters. The van der Waals surface area contributed by atoms with E-state index < -0.39 is 10.3 Å². The molecule has 196 valence electrons. The van der Waals surface area contributed by atoms with Crippen LogP contribution in [0.25, 0.3) is 11.1 Å². The van der Waals surface area contributed by atoms with E-state index in [0.717, 1.165) is 0 Å². The number of benzene rings is 6. The third-order valence-electron chi connectivity index (χ3n) is 7.88. The van der Waals surface area contributed by atoms with Gasteiger partial charge in [-0.25, -0.2) is 0 Å². The van der Waals surface area contributed by atoms with Gasteiger partial charge in [0.2, 0.25) is 0 Å². The molecular formula is C38H33NaP2. The van der Waals surface area contributed by atoms with E-state index in [1.807, 2.05) is 0 Å². The van der Waals surface area contributed by atoms with Crippen LogP contribution < -0.4 is 0 Å². The predicted octanol–water partition coefficient (Wildman–Crippen LogP) is 9.04. The molecule has 0 nitrogen and oxygen atoms in total. The Bertz CT molecular complexity index is 1610. The quantitative estimate of drug-likeness (QED) is 0.101. The van der Waals surface area contributed by atoms with Gasteiger partial charge in [0.05, 0.1) is 10.3 Å². The standard InChI is InChI=1S/C38H32P2.Na.H/c39-37(30-19-8-2-9-20-30,31-21-10-3-11-22-31)35-28-16-27-34(29-17-6-1-7-18-29)36(35)38(40,32-23-12-4-13-24-32)33-25-14-5-15-26-33;;/h1-28H,39-40H2;;. The van der Waals surface area contributed by atoms with Crippen LogP contribution in [0.5, 0.6) is 0 Å². The number of rotatable bonds is 7. The van der Waals surface area contributed by atoms with E-state index in [1.165, 1.54) is 44.5 Å². The summed E-state index contributed by atoms with van der Waals surface area (Å²) in [5.41, 5.74) is 9.85. The zero-order valence-corrected chi connectivity index (χ0v) is 24.6. The van der Waals surface area contributed by atoms with Crippen LogP contribution in [0.1, 0.15) is 33.4 Å². The Morgan fingerprint density at radius 1 is 0.341 bits per heavy atom. The van der Waals surface area contributed by atoms with E-state index in [4.69, 9.17) is 0 Å². The average molecular weight is 575 g/mol. The molecule has 0 heterocycles. The maximum atomic E-state index is 3.30. The number of hydrogen-bond acceptors (Lipinski definition) is 0. The van der Waals surface area contributed by atoms with Crippen molar-refractivity contribution in [1.29, 1.82) is 0 Å². The van der Waals surface area contributed by atoms with Crippen molar-refractivity contribution in [2.45, 2.75) is 10.3 Å². The van der Waals surface area contributed by atoms with Crippen LogP contribution in [0.15, 0.2) is 170 Å². The van der Waals surface area contributed by atoms with Gasteiger partial charge in [-0.05, 0) is 44.5 Å². The SMILES string of the molecule is PC(c1ccccc1)(c1ccccc1)c1cccc(-c2ccccc2)c1C(P)(c1ccccc1)c1ccccc1.[NaH]. The van der Waals surface area contributed by atoms with Gasteiger partial charge in [-0.3, -0.25) is 0 Å². The van der Waals surface area contributed by atoms with Crippen LogP contribution in [-0.2, 0) is 10.3 Å². The minimum atomic E-state index is -0.518. The Hall–Kier alpha value is -2.82. The van der Waals surface area contributed by atoms with Gasteiger partial charge < -0.3 is 0 Å². The summed E-state index contributed by atoms with van der Waals surface area (Å²) < 4.78 is 0. The molecule has 2 unspecified atom stereocenters. The average Bonchev–Trinajstić information content (AvgIpc) is 3.05. The maximum absolute atomic E-state index is 3.30. The van der Waals surface area contributed by atoms with Gasteiger partial charge in [-0.1, -0.05) is 170 Å². The fourth-order valence-corrected chi connectivity index (χ4v) is 7.22. The van der Waals surface area contributed by atoms with Crippen molar-refractivity contribution in [3.05, 3.63) is 203 Å². The Labute approximate surface area is 271 Å². The molecule has 0 aromatic heterocycles. The van der Waals surface area contributed by atoms with Crippen LogP contribution in [-0.4, -0.2) is 29.6 Å². The Morgan fingerprint density at radius 2 is 0.683 bits per heavy atom. The fourth-order valence-electron chi connectivity index (χ4n) is 5.90. The minimum absolute atomic E-state index is 0. The van der Waals surface area contributed by atoms with Crippen molar-refractivity contribution in [3.63, 3.8) is 0 Å². The molecule has 3 heteroatoms. The second kappa shape index (κ2) is 13.0. The van der Waals surface area contributed by atoms with Crippen molar-refractivity contribution in [3.8, 4) is 11.1 Å². The van der Waals surface area contributed by atoms with Crippen molar-refractivity contribution in [1.82, 2.24) is 0 Å². The van der Waals surface area contributed by atoms with E-state index in [2.05, 4.69) is 188 Å². The summed E-state index contributed by atoms with van der Waals surface area (Å²) in [7, 11) is 6.58. The summed E-state index contributed by atoms with van der Waals surface area (Å²) >= 11 is 0. The molecule has 0 amide bonds. The molecule has 0 N–H and O–H groups in total. The zero-order valence-electron chi connectivity index (χ0n) is 22.3. The Kier molecular flexibility index (Phi) is 9.41. The second-order valence-electron chi connectivity index (χ2n) is 10.2. The van der Waals surface area contributed by atoms with Crippen LogP contribution in [0.2, 0.25) is 0 Å². The predicted molar refractivity (Wildman–Crippen MR) is 184 cm³/mol. The molecule has 0 spiro atoms. The summed E-state index contributed by atoms with van der Waals surface area (Å²) in [6.45, 7) is 0. The molecule has 0 saturated carbocycles. The molecular weight excluding hydrogens is 541 g/mol. The fraction of sp³-hybridized carbons (Fsp3) is 0.0526. The van der Waals surface area contributed by atoms with Gasteiger partial charge in [0.1, 0.15) is 0 Å². The van der Waals surface area contributed by atoms with Gasteiger partial charge in [0.15, 0.2) is 0 Å². The Morgan fingerprint density at radius 3 is 1.07 bits per heavy atom. The molecule has 0 saturated heterocycles. The summed E-state index contributed by atoms with van der Waals surface area (Å²) in [4.78, 5) is 0. The van der Waals surface area contributed by atoms with Crippen LogP contribution in [0.3, 0.4) is 0 Å². The molecule has 6 aromatic rings. The first kappa shape index (κ1) is 29.7. The zero-order chi connectivity index (χ0) is 27.4. The molecule has 0 aliphatic heterocycles. The third kappa shape index (κ3) is 5.53. The first-order chi connectivity index (χ1) is 19.6. The van der Waals surface area contributed by atoms with Crippen molar-refractivity contribution < 1.29 is 0 Å². The number of hydrogen-bond donors (Lipinski definition) is 0. The third-order valence-corrected chi connectivity index (χ3v) is 9.82. The van der Waals surface area contributed by atoms with Crippen LogP contribution in [0.4, 0.5) is 0 Å². The molecule has 0 bridgehead atoms. The van der Waals surface area contributed by atoms with E-state index in [9.17, 15) is 0 Å². The molecule has 0 fully saturated rings. The topological polar surface area (TPSA) is 0 Å². The molecule has 0 aliphatic carbocycles. The monoisotopic (exact) mass is 574 g/mol. The first-order valence-corrected chi connectivity index (χ1v) is 14.8.